The van der Waals surface area contributed by atoms with Crippen LogP contribution in [0.4, 0.5) is 0 Å². The maximum atomic E-state index is 12.1. The van der Waals surface area contributed by atoms with Gasteiger partial charge in [-0.1, -0.05) is 0 Å². The van der Waals surface area contributed by atoms with Crippen LogP contribution in [0.15, 0.2) is 17.3 Å². The molecular formula is C8H13N3O4S2. The number of rotatable bonds is 3. The minimum Gasteiger partial charge on any atom is -0.266 e. The molecule has 0 amide bonds. The van der Waals surface area contributed by atoms with E-state index in [2.05, 4.69) is 10.2 Å². The number of sulfone groups is 1. The number of nitrogens with zero attached hydrogens (tertiary/aromatic N) is 2. The molecule has 1 saturated heterocycles. The van der Waals surface area contributed by atoms with Crippen molar-refractivity contribution in [1.29, 1.82) is 0 Å². The van der Waals surface area contributed by atoms with Crippen molar-refractivity contribution in [3.63, 3.8) is 0 Å². The largest absolute Gasteiger partial charge is 0.266 e. The number of sulfonamides is 1. The third-order valence-electron chi connectivity index (χ3n) is 2.85. The van der Waals surface area contributed by atoms with Gasteiger partial charge in [0.2, 0.25) is 0 Å². The summed E-state index contributed by atoms with van der Waals surface area (Å²) in [6, 6.07) is 0.850. The Morgan fingerprint density at radius 1 is 1.53 bits per heavy atom. The molecule has 1 N–H and O–H groups in total. The standard InChI is InChI=1S/C8H13N3O4S2/c1-11(7-3-5-16(12,13)6-7)17(14,15)8-2-4-9-10-8/h2,4,7H,3,5-6H2,1H3,(H,9,10). The molecule has 0 radical (unpaired) electrons. The topological polar surface area (TPSA) is 100 Å². The SMILES string of the molecule is CN(C1CCS(=O)(=O)C1)S(=O)(=O)c1ccn[nH]1. The van der Waals surface area contributed by atoms with Crippen molar-refractivity contribution in [2.75, 3.05) is 18.6 Å². The fraction of sp³-hybridized carbons (Fsp3) is 0.625. The molecule has 0 bridgehead atoms. The predicted octanol–water partition coefficient (Wildman–Crippen LogP) is -0.783. The monoisotopic (exact) mass is 279 g/mol. The molecule has 96 valence electrons. The normalized spacial score (nSPS) is 24.2. The number of hydrogen-bond acceptors (Lipinski definition) is 5. The maximum Gasteiger partial charge on any atom is 0.259 e. The first kappa shape index (κ1) is 12.5. The zero-order chi connectivity index (χ0) is 12.7. The Balaban J connectivity index is 2.25. The van der Waals surface area contributed by atoms with Gasteiger partial charge in [-0.05, 0) is 12.5 Å². The average molecular weight is 279 g/mol. The number of H-pyrrole nitrogens is 1. The van der Waals surface area contributed by atoms with Crippen molar-refractivity contribution in [2.45, 2.75) is 17.5 Å². The van der Waals surface area contributed by atoms with Gasteiger partial charge in [0.05, 0.1) is 17.7 Å². The molecule has 0 saturated carbocycles. The molecule has 1 atom stereocenters. The average Bonchev–Trinajstić information content (AvgIpc) is 2.85. The first-order valence-corrected chi connectivity index (χ1v) is 8.27. The van der Waals surface area contributed by atoms with Crippen LogP contribution in [0.3, 0.4) is 0 Å². The van der Waals surface area contributed by atoms with Crippen LogP contribution in [-0.2, 0) is 19.9 Å². The van der Waals surface area contributed by atoms with E-state index in [1.165, 1.54) is 19.3 Å². The maximum absolute atomic E-state index is 12.1. The van der Waals surface area contributed by atoms with E-state index >= 15 is 0 Å². The summed E-state index contributed by atoms with van der Waals surface area (Å²) in [5.74, 6) is -0.0721. The molecule has 1 unspecified atom stereocenters. The van der Waals surface area contributed by atoms with Gasteiger partial charge < -0.3 is 0 Å². The van der Waals surface area contributed by atoms with E-state index in [1.807, 2.05) is 0 Å². The Labute approximate surface area is 99.8 Å². The lowest BCUT2D eigenvalue weighted by Gasteiger charge is -2.21. The Morgan fingerprint density at radius 2 is 2.24 bits per heavy atom. The highest BCUT2D eigenvalue weighted by Gasteiger charge is 2.36. The fourth-order valence-corrected chi connectivity index (χ4v) is 4.95. The van der Waals surface area contributed by atoms with Crippen molar-refractivity contribution < 1.29 is 16.8 Å². The van der Waals surface area contributed by atoms with E-state index in [0.29, 0.717) is 6.42 Å². The quantitative estimate of drug-likeness (QED) is 0.782. The van der Waals surface area contributed by atoms with Crippen molar-refractivity contribution in [1.82, 2.24) is 14.5 Å². The van der Waals surface area contributed by atoms with E-state index in [1.54, 1.807) is 0 Å². The zero-order valence-electron chi connectivity index (χ0n) is 9.20. The van der Waals surface area contributed by atoms with E-state index in [4.69, 9.17) is 0 Å². The molecule has 1 fully saturated rings. The highest BCUT2D eigenvalue weighted by molar-refractivity contribution is 7.92. The van der Waals surface area contributed by atoms with E-state index in [0.717, 1.165) is 4.31 Å². The Morgan fingerprint density at radius 3 is 2.71 bits per heavy atom. The van der Waals surface area contributed by atoms with Crippen molar-refractivity contribution in [3.8, 4) is 0 Å². The van der Waals surface area contributed by atoms with Gasteiger partial charge in [-0.15, -0.1) is 0 Å². The molecule has 7 nitrogen and oxygen atoms in total. The van der Waals surface area contributed by atoms with Crippen LogP contribution < -0.4 is 0 Å². The van der Waals surface area contributed by atoms with Crippen LogP contribution >= 0.6 is 0 Å². The van der Waals surface area contributed by atoms with E-state index in [-0.39, 0.29) is 16.5 Å². The van der Waals surface area contributed by atoms with Gasteiger partial charge in [0, 0.05) is 13.1 Å². The summed E-state index contributed by atoms with van der Waals surface area (Å²) in [4.78, 5) is 0. The van der Waals surface area contributed by atoms with Gasteiger partial charge in [0.15, 0.2) is 14.9 Å². The first-order chi connectivity index (χ1) is 7.83. The molecular weight excluding hydrogens is 266 g/mol. The van der Waals surface area contributed by atoms with Gasteiger partial charge >= 0.3 is 0 Å². The van der Waals surface area contributed by atoms with Crippen LogP contribution in [-0.4, -0.2) is 55.9 Å². The molecule has 17 heavy (non-hydrogen) atoms. The summed E-state index contributed by atoms with van der Waals surface area (Å²) >= 11 is 0. The van der Waals surface area contributed by atoms with Crippen LogP contribution in [0, 0.1) is 0 Å². The predicted molar refractivity (Wildman–Crippen MR) is 60.6 cm³/mol. The molecule has 0 aromatic carbocycles. The molecule has 2 rings (SSSR count). The van der Waals surface area contributed by atoms with Crippen LogP contribution in [0.1, 0.15) is 6.42 Å². The minimum absolute atomic E-state index is 0.0238. The zero-order valence-corrected chi connectivity index (χ0v) is 10.8. The molecule has 1 aromatic heterocycles. The van der Waals surface area contributed by atoms with Crippen molar-refractivity contribution >= 4 is 19.9 Å². The van der Waals surface area contributed by atoms with Crippen LogP contribution in [0.25, 0.3) is 0 Å². The second-order valence-corrected chi connectivity index (χ2v) is 8.19. The highest BCUT2D eigenvalue weighted by atomic mass is 32.2. The number of aromatic nitrogens is 2. The van der Waals surface area contributed by atoms with Crippen LogP contribution in [0.2, 0.25) is 0 Å². The summed E-state index contributed by atoms with van der Waals surface area (Å²) < 4.78 is 47.8. The van der Waals surface area contributed by atoms with E-state index < -0.39 is 25.9 Å². The summed E-state index contributed by atoms with van der Waals surface area (Å²) in [5, 5.41) is 5.93. The number of hydrogen-bond donors (Lipinski definition) is 1. The van der Waals surface area contributed by atoms with Gasteiger partial charge in [0.1, 0.15) is 0 Å². The third kappa shape index (κ3) is 2.35. The van der Waals surface area contributed by atoms with E-state index in [9.17, 15) is 16.8 Å². The molecule has 9 heteroatoms. The second-order valence-electron chi connectivity index (χ2n) is 4.00. The van der Waals surface area contributed by atoms with Gasteiger partial charge in [-0.2, -0.15) is 9.40 Å². The number of aromatic amines is 1. The minimum atomic E-state index is -3.68. The summed E-state index contributed by atoms with van der Waals surface area (Å²) in [5.41, 5.74) is 0. The first-order valence-electron chi connectivity index (χ1n) is 5.01. The lowest BCUT2D eigenvalue weighted by Crippen LogP contribution is -2.37. The molecule has 0 spiro atoms. The molecule has 1 aliphatic rings. The Bertz CT molecular complexity index is 591. The second kappa shape index (κ2) is 4.07. The van der Waals surface area contributed by atoms with Gasteiger partial charge in [-0.3, -0.25) is 5.10 Å². The summed E-state index contributed by atoms with van der Waals surface area (Å²) in [6.07, 6.45) is 1.68. The molecule has 0 aliphatic carbocycles. The van der Waals surface area contributed by atoms with Gasteiger partial charge in [-0.25, -0.2) is 16.8 Å². The van der Waals surface area contributed by atoms with Crippen molar-refractivity contribution in [2.24, 2.45) is 0 Å². The molecule has 1 aromatic rings. The highest BCUT2D eigenvalue weighted by Crippen LogP contribution is 2.21. The lowest BCUT2D eigenvalue weighted by molar-refractivity contribution is 0.392. The van der Waals surface area contributed by atoms with Crippen molar-refractivity contribution in [3.05, 3.63) is 12.3 Å². The fourth-order valence-electron chi connectivity index (χ4n) is 1.80. The smallest absolute Gasteiger partial charge is 0.259 e. The molecule has 1 aliphatic heterocycles. The van der Waals surface area contributed by atoms with Crippen LogP contribution in [0.5, 0.6) is 0 Å². The summed E-state index contributed by atoms with van der Waals surface area (Å²) in [6.45, 7) is 0. The third-order valence-corrected chi connectivity index (χ3v) is 6.44. The Kier molecular flexibility index (Phi) is 3.00. The Hall–Kier alpha value is -0.930. The summed E-state index contributed by atoms with van der Waals surface area (Å²) in [7, 11) is -5.39. The number of nitrogens with one attached hydrogen (secondary N) is 1. The molecule has 2 heterocycles. The lowest BCUT2D eigenvalue weighted by atomic mass is 10.3. The van der Waals surface area contributed by atoms with Gasteiger partial charge in [0.25, 0.3) is 10.0 Å².